The lowest BCUT2D eigenvalue weighted by molar-refractivity contribution is -0.132. The molecular formula is C28H30N2O5S. The van der Waals surface area contributed by atoms with E-state index in [1.807, 2.05) is 26.0 Å². The summed E-state index contributed by atoms with van der Waals surface area (Å²) in [4.78, 5) is 32.1. The van der Waals surface area contributed by atoms with Crippen molar-refractivity contribution in [2.24, 2.45) is 0 Å². The van der Waals surface area contributed by atoms with Crippen molar-refractivity contribution in [1.82, 2.24) is 4.98 Å². The normalized spacial score (nSPS) is 17.0. The Labute approximate surface area is 215 Å². The van der Waals surface area contributed by atoms with Gasteiger partial charge in [-0.25, -0.2) is 4.98 Å². The number of carbonyl (C=O) groups is 2. The van der Waals surface area contributed by atoms with E-state index >= 15 is 0 Å². The molecule has 0 aliphatic carbocycles. The highest BCUT2D eigenvalue weighted by Gasteiger charge is 2.48. The second-order valence-electron chi connectivity index (χ2n) is 8.54. The third kappa shape index (κ3) is 5.14. The van der Waals surface area contributed by atoms with Gasteiger partial charge in [0, 0.05) is 17.1 Å². The van der Waals surface area contributed by atoms with Crippen LogP contribution >= 0.6 is 11.3 Å². The Bertz CT molecular complexity index is 1250. The topological polar surface area (TPSA) is 89.0 Å². The lowest BCUT2D eigenvalue weighted by Gasteiger charge is -2.24. The zero-order valence-corrected chi connectivity index (χ0v) is 21.5. The summed E-state index contributed by atoms with van der Waals surface area (Å²) in [7, 11) is 0. The van der Waals surface area contributed by atoms with E-state index in [4.69, 9.17) is 9.47 Å². The molecule has 1 aliphatic heterocycles. The van der Waals surface area contributed by atoms with Gasteiger partial charge in [0.05, 0.1) is 24.8 Å². The first-order valence-corrected chi connectivity index (χ1v) is 13.0. The van der Waals surface area contributed by atoms with Crippen molar-refractivity contribution in [3.63, 3.8) is 0 Å². The summed E-state index contributed by atoms with van der Waals surface area (Å²) >= 11 is 1.25. The molecule has 0 saturated carbocycles. The fourth-order valence-electron chi connectivity index (χ4n) is 4.16. The van der Waals surface area contributed by atoms with Crippen LogP contribution in [0.1, 0.15) is 55.8 Å². The van der Waals surface area contributed by atoms with Crippen molar-refractivity contribution in [3.05, 3.63) is 76.3 Å². The number of anilines is 1. The Morgan fingerprint density at radius 1 is 1.06 bits per heavy atom. The van der Waals surface area contributed by atoms with Crippen molar-refractivity contribution in [3.8, 4) is 11.5 Å². The number of aliphatic hydroxyl groups is 1. The van der Waals surface area contributed by atoms with Gasteiger partial charge in [-0.2, -0.15) is 0 Å². The van der Waals surface area contributed by atoms with Crippen molar-refractivity contribution in [1.29, 1.82) is 0 Å². The van der Waals surface area contributed by atoms with E-state index in [2.05, 4.69) is 11.9 Å². The monoisotopic (exact) mass is 506 g/mol. The maximum Gasteiger partial charge on any atom is 0.301 e. The summed E-state index contributed by atoms with van der Waals surface area (Å²) < 4.78 is 11.8. The summed E-state index contributed by atoms with van der Waals surface area (Å²) in [6, 6.07) is 11.7. The fourth-order valence-corrected chi connectivity index (χ4v) is 4.83. The Morgan fingerprint density at radius 3 is 2.50 bits per heavy atom. The van der Waals surface area contributed by atoms with E-state index < -0.39 is 17.7 Å². The molecule has 2 heterocycles. The predicted octanol–water partition coefficient (Wildman–Crippen LogP) is 6.05. The summed E-state index contributed by atoms with van der Waals surface area (Å²) in [5, 5.41) is 13.4. The first kappa shape index (κ1) is 25.4. The second-order valence-corrected chi connectivity index (χ2v) is 9.42. The van der Waals surface area contributed by atoms with Gasteiger partial charge in [0.2, 0.25) is 0 Å². The Balaban J connectivity index is 1.82. The van der Waals surface area contributed by atoms with Gasteiger partial charge < -0.3 is 14.6 Å². The van der Waals surface area contributed by atoms with Crippen LogP contribution in [-0.4, -0.2) is 35.0 Å². The molecule has 1 saturated heterocycles. The molecule has 0 bridgehead atoms. The van der Waals surface area contributed by atoms with Gasteiger partial charge in [-0.15, -0.1) is 11.3 Å². The SMILES string of the molecule is CCCCCOc1ccc(C2C(=C(O)c3ccc(C)cc3)C(=O)C(=O)N2c2nccs2)cc1OCC. The van der Waals surface area contributed by atoms with Crippen molar-refractivity contribution in [2.75, 3.05) is 18.1 Å². The van der Waals surface area contributed by atoms with Gasteiger partial charge in [0.1, 0.15) is 5.76 Å². The van der Waals surface area contributed by atoms with E-state index in [1.54, 1.807) is 41.9 Å². The van der Waals surface area contributed by atoms with Crippen LogP contribution in [0.25, 0.3) is 5.76 Å². The average molecular weight is 507 g/mol. The molecular weight excluding hydrogens is 476 g/mol. The van der Waals surface area contributed by atoms with Crippen LogP contribution in [0.2, 0.25) is 0 Å². The van der Waals surface area contributed by atoms with Gasteiger partial charge in [0.15, 0.2) is 16.6 Å². The molecule has 3 aromatic rings. The molecule has 1 amide bonds. The zero-order valence-electron chi connectivity index (χ0n) is 20.7. The zero-order chi connectivity index (χ0) is 25.7. The minimum absolute atomic E-state index is 0.0121. The van der Waals surface area contributed by atoms with Crippen LogP contribution in [0.4, 0.5) is 5.13 Å². The van der Waals surface area contributed by atoms with Crippen LogP contribution in [-0.2, 0) is 9.59 Å². The number of thiazole rings is 1. The highest BCUT2D eigenvalue weighted by atomic mass is 32.1. The summed E-state index contributed by atoms with van der Waals surface area (Å²) in [6.07, 6.45) is 4.68. The largest absolute Gasteiger partial charge is 0.507 e. The van der Waals surface area contributed by atoms with Crippen LogP contribution in [0.15, 0.2) is 59.6 Å². The number of benzene rings is 2. The Morgan fingerprint density at radius 2 is 1.83 bits per heavy atom. The number of ketones is 1. The van der Waals surface area contributed by atoms with Crippen LogP contribution < -0.4 is 14.4 Å². The number of hydrogen-bond acceptors (Lipinski definition) is 7. The van der Waals surface area contributed by atoms with Crippen molar-refractivity contribution >= 4 is 33.9 Å². The highest BCUT2D eigenvalue weighted by molar-refractivity contribution is 7.14. The summed E-state index contributed by atoms with van der Waals surface area (Å²) in [6.45, 7) is 6.94. The summed E-state index contributed by atoms with van der Waals surface area (Å²) in [5.41, 5.74) is 2.10. The molecule has 188 valence electrons. The minimum Gasteiger partial charge on any atom is -0.507 e. The molecule has 1 atom stereocenters. The number of unbranched alkanes of at least 4 members (excludes halogenated alkanes) is 2. The van der Waals surface area contributed by atoms with Crippen molar-refractivity contribution < 1.29 is 24.2 Å². The molecule has 2 aromatic carbocycles. The number of aryl methyl sites for hydroxylation is 1. The van der Waals surface area contributed by atoms with Gasteiger partial charge >= 0.3 is 5.91 Å². The third-order valence-electron chi connectivity index (χ3n) is 5.98. The molecule has 1 N–H and O–H groups in total. The lowest BCUT2D eigenvalue weighted by atomic mass is 9.95. The van der Waals surface area contributed by atoms with Gasteiger partial charge in [-0.05, 0) is 38.0 Å². The number of amides is 1. The van der Waals surface area contributed by atoms with Crippen LogP contribution in [0.5, 0.6) is 11.5 Å². The number of ether oxygens (including phenoxy) is 2. The lowest BCUT2D eigenvalue weighted by Crippen LogP contribution is -2.29. The second kappa shape index (κ2) is 11.4. The first-order valence-electron chi connectivity index (χ1n) is 12.1. The molecule has 0 spiro atoms. The first-order chi connectivity index (χ1) is 17.5. The van der Waals surface area contributed by atoms with Gasteiger partial charge in [0.25, 0.3) is 5.78 Å². The van der Waals surface area contributed by atoms with E-state index in [0.717, 1.165) is 24.8 Å². The number of carbonyl (C=O) groups excluding carboxylic acids is 2. The Kier molecular flexibility index (Phi) is 8.05. The van der Waals surface area contributed by atoms with Crippen LogP contribution in [0, 0.1) is 6.92 Å². The maximum absolute atomic E-state index is 13.3. The standard InChI is InChI=1S/C28H30N2O5S/c1-4-6-7-15-35-21-13-12-20(17-22(21)34-5-2)24-23(25(31)19-10-8-18(3)9-11-19)26(32)27(33)30(24)28-29-14-16-36-28/h8-14,16-17,24,31H,4-7,15H2,1-3H3. The number of hydrogen-bond donors (Lipinski definition) is 1. The Hall–Kier alpha value is -3.65. The molecule has 1 aromatic heterocycles. The predicted molar refractivity (Wildman–Crippen MR) is 141 cm³/mol. The molecule has 7 nitrogen and oxygen atoms in total. The van der Waals surface area contributed by atoms with E-state index in [9.17, 15) is 14.7 Å². The van der Waals surface area contributed by atoms with E-state index in [0.29, 0.717) is 41.0 Å². The van der Waals surface area contributed by atoms with Gasteiger partial charge in [-0.1, -0.05) is 55.7 Å². The average Bonchev–Trinajstić information content (AvgIpc) is 3.49. The molecule has 8 heteroatoms. The number of nitrogens with zero attached hydrogens (tertiary/aromatic N) is 2. The minimum atomic E-state index is -0.870. The smallest absolute Gasteiger partial charge is 0.301 e. The highest BCUT2D eigenvalue weighted by Crippen LogP contribution is 2.44. The van der Waals surface area contributed by atoms with E-state index in [1.165, 1.54) is 16.2 Å². The van der Waals surface area contributed by atoms with Crippen molar-refractivity contribution in [2.45, 2.75) is 46.1 Å². The quantitative estimate of drug-likeness (QED) is 0.156. The molecule has 36 heavy (non-hydrogen) atoms. The number of aliphatic hydroxyl groups excluding tert-OH is 1. The van der Waals surface area contributed by atoms with Crippen LogP contribution in [0.3, 0.4) is 0 Å². The molecule has 4 rings (SSSR count). The molecule has 1 unspecified atom stereocenters. The molecule has 1 fully saturated rings. The number of rotatable bonds is 10. The van der Waals surface area contributed by atoms with Gasteiger partial charge in [-0.3, -0.25) is 14.5 Å². The van der Waals surface area contributed by atoms with E-state index in [-0.39, 0.29) is 11.3 Å². The fraction of sp³-hybridized carbons (Fsp3) is 0.321. The molecule has 1 aliphatic rings. The summed E-state index contributed by atoms with van der Waals surface area (Å²) in [5.74, 6) is -0.601. The maximum atomic E-state index is 13.3. The third-order valence-corrected chi connectivity index (χ3v) is 6.75. The number of Topliss-reactive ketones (excluding diaryl/α,β-unsaturated/α-hetero) is 1. The molecule has 0 radical (unpaired) electrons. The number of aromatic nitrogens is 1.